The van der Waals surface area contributed by atoms with Gasteiger partial charge in [-0.05, 0) is 43.2 Å². The molecule has 2 aromatic carbocycles. The normalized spacial score (nSPS) is 19.7. The van der Waals surface area contributed by atoms with Gasteiger partial charge in [-0.2, -0.15) is 0 Å². The molecule has 0 N–H and O–H groups in total. The van der Waals surface area contributed by atoms with E-state index in [1.54, 1.807) is 12.1 Å². The van der Waals surface area contributed by atoms with Gasteiger partial charge in [0.15, 0.2) is 9.84 Å². The van der Waals surface area contributed by atoms with Gasteiger partial charge in [-0.25, -0.2) is 8.42 Å². The first kappa shape index (κ1) is 21.3. The van der Waals surface area contributed by atoms with E-state index in [1.165, 1.54) is 18.4 Å². The summed E-state index contributed by atoms with van der Waals surface area (Å²) in [6, 6.07) is 16.3. The van der Waals surface area contributed by atoms with Crippen LogP contribution in [0.5, 0.6) is 5.75 Å². The fourth-order valence-corrected chi connectivity index (χ4v) is 3.99. The van der Waals surface area contributed by atoms with Crippen LogP contribution in [0, 0.1) is 0 Å². The summed E-state index contributed by atoms with van der Waals surface area (Å²) in [4.78, 5) is 14.8. The van der Waals surface area contributed by atoms with Crippen molar-refractivity contribution in [3.63, 3.8) is 0 Å². The van der Waals surface area contributed by atoms with E-state index in [4.69, 9.17) is 9.47 Å². The SMILES string of the molecule is CC1CN(C(=O)CCCOc2ccc(S(C)(=O)=O)cc2)CC(c2ccccc2)O1. The molecule has 0 aromatic heterocycles. The molecule has 0 radical (unpaired) electrons. The molecule has 0 spiro atoms. The van der Waals surface area contributed by atoms with Gasteiger partial charge in [0.2, 0.25) is 5.91 Å². The van der Waals surface area contributed by atoms with Gasteiger partial charge < -0.3 is 14.4 Å². The zero-order valence-electron chi connectivity index (χ0n) is 16.8. The molecular formula is C22H27NO5S. The Morgan fingerprint density at radius 2 is 1.79 bits per heavy atom. The van der Waals surface area contributed by atoms with Gasteiger partial charge in [-0.3, -0.25) is 4.79 Å². The minimum atomic E-state index is -3.21. The number of hydrogen-bond acceptors (Lipinski definition) is 5. The quantitative estimate of drug-likeness (QED) is 0.647. The molecule has 1 saturated heterocycles. The maximum absolute atomic E-state index is 12.6. The Bertz CT molecular complexity index is 912. The molecule has 0 bridgehead atoms. The summed E-state index contributed by atoms with van der Waals surface area (Å²) >= 11 is 0. The van der Waals surface area contributed by atoms with Crippen LogP contribution < -0.4 is 4.74 Å². The van der Waals surface area contributed by atoms with E-state index in [0.29, 0.717) is 38.3 Å². The molecule has 2 unspecified atom stereocenters. The molecule has 1 aliphatic heterocycles. The zero-order chi connectivity index (χ0) is 20.9. The summed E-state index contributed by atoms with van der Waals surface area (Å²) < 4.78 is 34.6. The Morgan fingerprint density at radius 1 is 1.10 bits per heavy atom. The molecule has 29 heavy (non-hydrogen) atoms. The summed E-state index contributed by atoms with van der Waals surface area (Å²) in [5.74, 6) is 0.686. The fourth-order valence-electron chi connectivity index (χ4n) is 3.36. The van der Waals surface area contributed by atoms with Crippen molar-refractivity contribution in [3.8, 4) is 5.75 Å². The third-order valence-electron chi connectivity index (χ3n) is 4.84. The molecule has 3 rings (SSSR count). The number of rotatable bonds is 7. The highest BCUT2D eigenvalue weighted by Crippen LogP contribution is 2.25. The molecule has 156 valence electrons. The number of amides is 1. The van der Waals surface area contributed by atoms with Crippen LogP contribution in [0.15, 0.2) is 59.5 Å². The average molecular weight is 418 g/mol. The first-order chi connectivity index (χ1) is 13.8. The lowest BCUT2D eigenvalue weighted by Crippen LogP contribution is -2.46. The lowest BCUT2D eigenvalue weighted by Gasteiger charge is -2.37. The third kappa shape index (κ3) is 6.05. The smallest absolute Gasteiger partial charge is 0.222 e. The second kappa shape index (κ2) is 9.41. The fraction of sp³-hybridized carbons (Fsp3) is 0.409. The summed E-state index contributed by atoms with van der Waals surface area (Å²) in [7, 11) is -3.21. The number of sulfone groups is 1. The summed E-state index contributed by atoms with van der Waals surface area (Å²) in [6.07, 6.45) is 2.05. The van der Waals surface area contributed by atoms with Crippen LogP contribution in [-0.4, -0.2) is 51.3 Å². The summed E-state index contributed by atoms with van der Waals surface area (Å²) in [5, 5.41) is 0. The summed E-state index contributed by atoms with van der Waals surface area (Å²) in [5.41, 5.74) is 1.08. The van der Waals surface area contributed by atoms with Crippen LogP contribution in [0.25, 0.3) is 0 Å². The molecule has 1 heterocycles. The van der Waals surface area contributed by atoms with E-state index >= 15 is 0 Å². The van der Waals surface area contributed by atoms with Gasteiger partial charge in [0.05, 0.1) is 24.2 Å². The van der Waals surface area contributed by atoms with Crippen molar-refractivity contribution in [3.05, 3.63) is 60.2 Å². The van der Waals surface area contributed by atoms with Gasteiger partial charge in [0.25, 0.3) is 0 Å². The number of ether oxygens (including phenoxy) is 2. The van der Waals surface area contributed by atoms with E-state index in [1.807, 2.05) is 42.2 Å². The van der Waals surface area contributed by atoms with Gasteiger partial charge in [0.1, 0.15) is 11.9 Å². The molecule has 1 aliphatic rings. The maximum atomic E-state index is 12.6. The van der Waals surface area contributed by atoms with Gasteiger partial charge in [-0.15, -0.1) is 0 Å². The van der Waals surface area contributed by atoms with Crippen LogP contribution in [0.1, 0.15) is 31.4 Å². The standard InChI is InChI=1S/C22H27NO5S/c1-17-15-23(16-21(28-17)18-7-4-3-5-8-18)22(24)9-6-14-27-19-10-12-20(13-11-19)29(2,25)26/h3-5,7-8,10-13,17,21H,6,9,14-16H2,1-2H3. The number of hydrogen-bond donors (Lipinski definition) is 0. The molecule has 1 amide bonds. The topological polar surface area (TPSA) is 72.9 Å². The van der Waals surface area contributed by atoms with Gasteiger partial charge >= 0.3 is 0 Å². The van der Waals surface area contributed by atoms with Gasteiger partial charge in [-0.1, -0.05) is 30.3 Å². The van der Waals surface area contributed by atoms with Crippen LogP contribution in [0.4, 0.5) is 0 Å². The van der Waals surface area contributed by atoms with Crippen molar-refractivity contribution in [1.29, 1.82) is 0 Å². The molecule has 2 aromatic rings. The van der Waals surface area contributed by atoms with Crippen molar-refractivity contribution in [1.82, 2.24) is 4.90 Å². The van der Waals surface area contributed by atoms with E-state index in [-0.39, 0.29) is 23.0 Å². The van der Waals surface area contributed by atoms with Crippen molar-refractivity contribution in [2.45, 2.75) is 36.9 Å². The molecule has 6 nitrogen and oxygen atoms in total. The van der Waals surface area contributed by atoms with Crippen molar-refractivity contribution in [2.75, 3.05) is 26.0 Å². The van der Waals surface area contributed by atoms with Crippen LogP contribution >= 0.6 is 0 Å². The minimum Gasteiger partial charge on any atom is -0.494 e. The van der Waals surface area contributed by atoms with Crippen molar-refractivity contribution in [2.24, 2.45) is 0 Å². The minimum absolute atomic E-state index is 0.0116. The Hall–Kier alpha value is -2.38. The van der Waals surface area contributed by atoms with E-state index in [2.05, 4.69) is 0 Å². The summed E-state index contributed by atoms with van der Waals surface area (Å²) in [6.45, 7) is 3.53. The first-order valence-corrected chi connectivity index (χ1v) is 11.6. The van der Waals surface area contributed by atoms with Gasteiger partial charge in [0, 0.05) is 19.2 Å². The maximum Gasteiger partial charge on any atom is 0.222 e. The van der Waals surface area contributed by atoms with Crippen LogP contribution in [-0.2, 0) is 19.4 Å². The van der Waals surface area contributed by atoms with E-state index < -0.39 is 9.84 Å². The first-order valence-electron chi connectivity index (χ1n) is 9.74. The Balaban J connectivity index is 1.46. The van der Waals surface area contributed by atoms with E-state index in [9.17, 15) is 13.2 Å². The molecular weight excluding hydrogens is 390 g/mol. The lowest BCUT2D eigenvalue weighted by atomic mass is 10.1. The second-order valence-corrected chi connectivity index (χ2v) is 9.36. The lowest BCUT2D eigenvalue weighted by molar-refractivity contribution is -0.145. The Kier molecular flexibility index (Phi) is 6.92. The predicted octanol–water partition coefficient (Wildman–Crippen LogP) is 3.24. The Morgan fingerprint density at radius 3 is 2.45 bits per heavy atom. The largest absolute Gasteiger partial charge is 0.494 e. The van der Waals surface area contributed by atoms with Crippen molar-refractivity contribution >= 4 is 15.7 Å². The molecule has 1 fully saturated rings. The molecule has 2 atom stereocenters. The highest BCUT2D eigenvalue weighted by molar-refractivity contribution is 7.90. The third-order valence-corrected chi connectivity index (χ3v) is 5.97. The zero-order valence-corrected chi connectivity index (χ0v) is 17.6. The second-order valence-electron chi connectivity index (χ2n) is 7.34. The number of carbonyl (C=O) groups excluding carboxylic acids is 1. The molecule has 0 aliphatic carbocycles. The Labute approximate surface area is 172 Å². The van der Waals surface area contributed by atoms with Crippen molar-refractivity contribution < 1.29 is 22.7 Å². The monoisotopic (exact) mass is 417 g/mol. The number of morpholine rings is 1. The molecule has 0 saturated carbocycles. The highest BCUT2D eigenvalue weighted by Gasteiger charge is 2.28. The average Bonchev–Trinajstić information content (AvgIpc) is 2.71. The molecule has 7 heteroatoms. The number of carbonyl (C=O) groups is 1. The highest BCUT2D eigenvalue weighted by atomic mass is 32.2. The van der Waals surface area contributed by atoms with Crippen LogP contribution in [0.3, 0.4) is 0 Å². The van der Waals surface area contributed by atoms with E-state index in [0.717, 1.165) is 5.56 Å². The number of benzene rings is 2. The van der Waals surface area contributed by atoms with Crippen LogP contribution in [0.2, 0.25) is 0 Å². The number of nitrogens with zero attached hydrogens (tertiary/aromatic N) is 1. The predicted molar refractivity (Wildman–Crippen MR) is 111 cm³/mol.